The molecule has 0 aromatic carbocycles. The minimum Gasteiger partial charge on any atom is -0.462 e. The molecule has 0 aliphatic rings. The number of ether oxygens (including phenoxy) is 1. The van der Waals surface area contributed by atoms with E-state index in [-0.39, 0.29) is 5.91 Å². The van der Waals surface area contributed by atoms with Gasteiger partial charge in [-0.15, -0.1) is 11.3 Å². The quantitative estimate of drug-likeness (QED) is 0.877. The summed E-state index contributed by atoms with van der Waals surface area (Å²) in [6.07, 6.45) is 1.76. The van der Waals surface area contributed by atoms with E-state index < -0.39 is 5.97 Å². The lowest BCUT2D eigenvalue weighted by Crippen LogP contribution is -2.16. The third-order valence-electron chi connectivity index (χ3n) is 2.61. The van der Waals surface area contributed by atoms with E-state index in [0.717, 1.165) is 5.56 Å². The zero-order chi connectivity index (χ0) is 14.7. The Morgan fingerprint density at radius 3 is 2.85 bits per heavy atom. The molecule has 20 heavy (non-hydrogen) atoms. The van der Waals surface area contributed by atoms with E-state index in [2.05, 4.69) is 10.4 Å². The Hall–Kier alpha value is -2.15. The molecular formula is C13H15N3O3S. The fourth-order valence-corrected chi connectivity index (χ4v) is 2.54. The second-order valence-corrected chi connectivity index (χ2v) is 5.09. The summed E-state index contributed by atoms with van der Waals surface area (Å²) in [4.78, 5) is 23.9. The summed E-state index contributed by atoms with van der Waals surface area (Å²) in [6.45, 7) is 3.84. The molecule has 1 N–H and O–H groups in total. The SMILES string of the molecule is CCOC(=O)c1ccsc1NC(=O)c1nn(C)cc1C. The Kier molecular flexibility index (Phi) is 4.19. The molecule has 0 radical (unpaired) electrons. The molecule has 2 rings (SSSR count). The molecule has 0 bridgehead atoms. The molecule has 7 heteroatoms. The average molecular weight is 293 g/mol. The van der Waals surface area contributed by atoms with E-state index in [0.29, 0.717) is 22.9 Å². The second-order valence-electron chi connectivity index (χ2n) is 4.17. The van der Waals surface area contributed by atoms with Gasteiger partial charge in [0.05, 0.1) is 12.2 Å². The molecule has 2 aromatic heterocycles. The number of nitrogens with one attached hydrogen (secondary N) is 1. The van der Waals surface area contributed by atoms with Gasteiger partial charge >= 0.3 is 5.97 Å². The number of hydrogen-bond acceptors (Lipinski definition) is 5. The standard InChI is InChI=1S/C13H15N3O3S/c1-4-19-13(18)9-5-6-20-12(9)14-11(17)10-8(2)7-16(3)15-10/h5-7H,4H2,1-3H3,(H,14,17). The first-order chi connectivity index (χ1) is 9.52. The van der Waals surface area contributed by atoms with Gasteiger partial charge in [-0.2, -0.15) is 5.10 Å². The highest BCUT2D eigenvalue weighted by atomic mass is 32.1. The van der Waals surface area contributed by atoms with Gasteiger partial charge in [-0.05, 0) is 25.3 Å². The number of nitrogens with zero attached hydrogens (tertiary/aromatic N) is 2. The van der Waals surface area contributed by atoms with E-state index in [1.807, 2.05) is 6.92 Å². The molecule has 0 fully saturated rings. The van der Waals surface area contributed by atoms with E-state index >= 15 is 0 Å². The summed E-state index contributed by atoms with van der Waals surface area (Å²) in [5.41, 5.74) is 1.48. The topological polar surface area (TPSA) is 73.2 Å². The lowest BCUT2D eigenvalue weighted by molar-refractivity contribution is 0.0528. The van der Waals surface area contributed by atoms with Crippen LogP contribution < -0.4 is 5.32 Å². The minimum absolute atomic E-state index is 0.293. The number of rotatable bonds is 4. The largest absolute Gasteiger partial charge is 0.462 e. The van der Waals surface area contributed by atoms with Gasteiger partial charge in [0.1, 0.15) is 5.00 Å². The van der Waals surface area contributed by atoms with Crippen LogP contribution in [0.4, 0.5) is 5.00 Å². The maximum atomic E-state index is 12.1. The molecular weight excluding hydrogens is 278 g/mol. The summed E-state index contributed by atoms with van der Waals surface area (Å²) in [5.74, 6) is -0.780. The van der Waals surface area contributed by atoms with Gasteiger partial charge in [0.15, 0.2) is 5.69 Å². The Balaban J connectivity index is 2.19. The number of amides is 1. The monoisotopic (exact) mass is 293 g/mol. The number of thiophene rings is 1. The van der Waals surface area contributed by atoms with Crippen molar-refractivity contribution in [2.45, 2.75) is 13.8 Å². The molecule has 0 atom stereocenters. The van der Waals surface area contributed by atoms with Gasteiger partial charge in [-0.25, -0.2) is 4.79 Å². The number of aryl methyl sites for hydroxylation is 2. The Labute approximate surface area is 120 Å². The van der Waals surface area contributed by atoms with Gasteiger partial charge in [0.2, 0.25) is 0 Å². The fraction of sp³-hybridized carbons (Fsp3) is 0.308. The highest BCUT2D eigenvalue weighted by Crippen LogP contribution is 2.24. The van der Waals surface area contributed by atoms with E-state index in [4.69, 9.17) is 4.74 Å². The summed E-state index contributed by atoms with van der Waals surface area (Å²) in [7, 11) is 1.75. The zero-order valence-corrected chi connectivity index (χ0v) is 12.3. The van der Waals surface area contributed by atoms with Crippen LogP contribution in [0.15, 0.2) is 17.6 Å². The summed E-state index contributed by atoms with van der Waals surface area (Å²) in [6, 6.07) is 1.63. The van der Waals surface area contributed by atoms with Crippen LogP contribution in [0.25, 0.3) is 0 Å². The van der Waals surface area contributed by atoms with E-state index in [1.165, 1.54) is 11.3 Å². The van der Waals surface area contributed by atoms with Gasteiger partial charge in [-0.3, -0.25) is 9.48 Å². The number of carbonyl (C=O) groups is 2. The first-order valence-electron chi connectivity index (χ1n) is 6.09. The summed E-state index contributed by atoms with van der Waals surface area (Å²) in [5, 5.41) is 9.00. The number of anilines is 1. The summed E-state index contributed by atoms with van der Waals surface area (Å²) >= 11 is 1.27. The molecule has 0 saturated heterocycles. The average Bonchev–Trinajstić information content (AvgIpc) is 2.96. The lowest BCUT2D eigenvalue weighted by atomic mass is 10.2. The van der Waals surface area contributed by atoms with Crippen LogP contribution in [0.3, 0.4) is 0 Å². The molecule has 0 spiro atoms. The van der Waals surface area contributed by atoms with Crippen LogP contribution in [0.5, 0.6) is 0 Å². The molecule has 0 aliphatic carbocycles. The van der Waals surface area contributed by atoms with Crippen LogP contribution in [0.2, 0.25) is 0 Å². The van der Waals surface area contributed by atoms with Crippen molar-refractivity contribution in [1.29, 1.82) is 0 Å². The van der Waals surface area contributed by atoms with Crippen molar-refractivity contribution in [3.05, 3.63) is 34.5 Å². The minimum atomic E-state index is -0.443. The smallest absolute Gasteiger partial charge is 0.341 e. The summed E-state index contributed by atoms with van der Waals surface area (Å²) < 4.78 is 6.51. The number of aromatic nitrogens is 2. The molecule has 6 nitrogen and oxygen atoms in total. The Morgan fingerprint density at radius 1 is 1.50 bits per heavy atom. The van der Waals surface area contributed by atoms with Gasteiger partial charge in [-0.1, -0.05) is 0 Å². The van der Waals surface area contributed by atoms with E-state index in [1.54, 1.807) is 36.3 Å². The maximum Gasteiger partial charge on any atom is 0.341 e. The van der Waals surface area contributed by atoms with Gasteiger partial charge in [0, 0.05) is 18.8 Å². The van der Waals surface area contributed by atoms with Crippen LogP contribution in [0, 0.1) is 6.92 Å². The Morgan fingerprint density at radius 2 is 2.25 bits per heavy atom. The third-order valence-corrected chi connectivity index (χ3v) is 3.44. The van der Waals surface area contributed by atoms with Gasteiger partial charge in [0.25, 0.3) is 5.91 Å². The second kappa shape index (κ2) is 5.87. The van der Waals surface area contributed by atoms with E-state index in [9.17, 15) is 9.59 Å². The zero-order valence-electron chi connectivity index (χ0n) is 11.5. The van der Waals surface area contributed by atoms with Crippen LogP contribution in [-0.2, 0) is 11.8 Å². The molecule has 0 aliphatic heterocycles. The van der Waals surface area contributed by atoms with Crippen LogP contribution in [-0.4, -0.2) is 28.3 Å². The van der Waals surface area contributed by atoms with Crippen molar-refractivity contribution in [1.82, 2.24) is 9.78 Å². The number of hydrogen-bond donors (Lipinski definition) is 1. The van der Waals surface area contributed by atoms with Crippen molar-refractivity contribution in [2.24, 2.45) is 7.05 Å². The predicted molar refractivity (Wildman–Crippen MR) is 76.2 cm³/mol. The molecule has 2 aromatic rings. The molecule has 106 valence electrons. The molecule has 2 heterocycles. The van der Waals surface area contributed by atoms with Crippen LogP contribution >= 0.6 is 11.3 Å². The van der Waals surface area contributed by atoms with Crippen molar-refractivity contribution < 1.29 is 14.3 Å². The lowest BCUT2D eigenvalue weighted by Gasteiger charge is -2.05. The maximum absolute atomic E-state index is 12.1. The highest BCUT2D eigenvalue weighted by Gasteiger charge is 2.19. The normalized spacial score (nSPS) is 10.3. The Bertz CT molecular complexity index is 645. The van der Waals surface area contributed by atoms with Crippen LogP contribution in [0.1, 0.15) is 33.3 Å². The third kappa shape index (κ3) is 2.88. The number of carbonyl (C=O) groups excluding carboxylic acids is 2. The molecule has 0 unspecified atom stereocenters. The van der Waals surface area contributed by atoms with Gasteiger partial charge < -0.3 is 10.1 Å². The van der Waals surface area contributed by atoms with Crippen molar-refractivity contribution in [3.63, 3.8) is 0 Å². The first kappa shape index (κ1) is 14.3. The number of esters is 1. The predicted octanol–water partition coefficient (Wildman–Crippen LogP) is 2.22. The fourth-order valence-electron chi connectivity index (χ4n) is 1.77. The van der Waals surface area contributed by atoms with Crippen molar-refractivity contribution in [2.75, 3.05) is 11.9 Å². The first-order valence-corrected chi connectivity index (χ1v) is 6.97. The van der Waals surface area contributed by atoms with Crippen molar-refractivity contribution >= 4 is 28.2 Å². The highest BCUT2D eigenvalue weighted by molar-refractivity contribution is 7.14. The molecule has 1 amide bonds. The molecule has 0 saturated carbocycles. The van der Waals surface area contributed by atoms with Crippen molar-refractivity contribution in [3.8, 4) is 0 Å².